The molecule has 2 fully saturated rings. The van der Waals surface area contributed by atoms with Gasteiger partial charge in [0.25, 0.3) is 0 Å². The average Bonchev–Trinajstić information content (AvgIpc) is 2.68. The molecule has 0 aliphatic carbocycles. The van der Waals surface area contributed by atoms with Crippen molar-refractivity contribution in [3.63, 3.8) is 0 Å². The van der Waals surface area contributed by atoms with Crippen molar-refractivity contribution < 1.29 is 55.1 Å². The van der Waals surface area contributed by atoms with Gasteiger partial charge in [0.2, 0.25) is 0 Å². The van der Waals surface area contributed by atoms with E-state index in [0.717, 1.165) is 0 Å². The summed E-state index contributed by atoms with van der Waals surface area (Å²) in [5.41, 5.74) is 0. The van der Waals surface area contributed by atoms with E-state index in [2.05, 4.69) is 0 Å². The lowest BCUT2D eigenvalue weighted by atomic mass is 9.95. The highest BCUT2D eigenvalue weighted by atomic mass is 16.7. The minimum atomic E-state index is -1.74. The van der Waals surface area contributed by atoms with Crippen LogP contribution in [0.3, 0.4) is 0 Å². The Hall–Kier alpha value is -0.440. The van der Waals surface area contributed by atoms with E-state index in [4.69, 9.17) is 19.3 Å². The van der Waals surface area contributed by atoms with Crippen LogP contribution in [0.2, 0.25) is 0 Å². The Labute approximate surface area is 137 Å². The van der Waals surface area contributed by atoms with Crippen LogP contribution in [0.25, 0.3) is 0 Å². The molecular weight excluding hydrogens is 332 g/mol. The third-order valence-corrected chi connectivity index (χ3v) is 4.30. The third-order valence-electron chi connectivity index (χ3n) is 4.30. The van der Waals surface area contributed by atoms with Gasteiger partial charge in [-0.1, -0.05) is 0 Å². The molecule has 0 radical (unpaired) electrons. The van der Waals surface area contributed by atoms with Crippen LogP contribution < -0.4 is 0 Å². The quantitative estimate of drug-likeness (QED) is 0.240. The van der Waals surface area contributed by atoms with Crippen LogP contribution in [0.5, 0.6) is 0 Å². The maximum absolute atomic E-state index is 10.1. The highest BCUT2D eigenvalue weighted by molar-refractivity contribution is 4.92. The second-order valence-corrected chi connectivity index (χ2v) is 5.95. The molecule has 0 aromatic rings. The van der Waals surface area contributed by atoms with Crippen LogP contribution in [0, 0.1) is 5.92 Å². The number of hydrogen-bond acceptors (Lipinski definition) is 11. The van der Waals surface area contributed by atoms with E-state index in [1.807, 2.05) is 0 Å². The maximum Gasteiger partial charge on any atom is 0.187 e. The molecule has 142 valence electrons. The van der Waals surface area contributed by atoms with Crippen molar-refractivity contribution in [1.82, 2.24) is 0 Å². The minimum absolute atomic E-state index is 0.256. The summed E-state index contributed by atoms with van der Waals surface area (Å²) in [6.45, 7) is -1.45. The molecule has 0 aromatic heterocycles. The molecule has 2 rings (SSSR count). The number of rotatable bonds is 4. The summed E-state index contributed by atoms with van der Waals surface area (Å²) in [6.07, 6.45) is -14.2. The lowest BCUT2D eigenvalue weighted by molar-refractivity contribution is -0.324. The summed E-state index contributed by atoms with van der Waals surface area (Å²) >= 11 is 0. The lowest BCUT2D eigenvalue weighted by Crippen LogP contribution is -2.61. The monoisotopic (exact) mass is 356 g/mol. The Balaban J connectivity index is 2.16. The molecule has 11 heteroatoms. The van der Waals surface area contributed by atoms with Crippen LogP contribution in [0.4, 0.5) is 0 Å². The fourth-order valence-electron chi connectivity index (χ4n) is 2.74. The maximum atomic E-state index is 10.1. The second kappa shape index (κ2) is 8.29. The molecule has 0 bridgehead atoms. The van der Waals surface area contributed by atoms with Gasteiger partial charge < -0.3 is 55.1 Å². The van der Waals surface area contributed by atoms with Crippen molar-refractivity contribution >= 4 is 0 Å². The summed E-state index contributed by atoms with van der Waals surface area (Å²) in [5.74, 6) is -0.876. The van der Waals surface area contributed by atoms with Crippen LogP contribution >= 0.6 is 0 Å². The molecule has 6 unspecified atom stereocenters. The molecule has 2 aliphatic heterocycles. The van der Waals surface area contributed by atoms with Crippen LogP contribution in [-0.4, -0.2) is 116 Å². The van der Waals surface area contributed by atoms with E-state index in [0.29, 0.717) is 0 Å². The highest BCUT2D eigenvalue weighted by Crippen LogP contribution is 2.28. The molecule has 2 saturated heterocycles. The van der Waals surface area contributed by atoms with E-state index in [-0.39, 0.29) is 6.61 Å². The van der Waals surface area contributed by atoms with Gasteiger partial charge in [-0.15, -0.1) is 0 Å². The second-order valence-electron chi connectivity index (χ2n) is 5.95. The average molecular weight is 356 g/mol. The van der Waals surface area contributed by atoms with Crippen LogP contribution in [0.1, 0.15) is 0 Å². The van der Waals surface area contributed by atoms with Crippen molar-refractivity contribution in [3.05, 3.63) is 0 Å². The largest absolute Gasteiger partial charge is 0.396 e. The zero-order chi connectivity index (χ0) is 18.0. The van der Waals surface area contributed by atoms with Gasteiger partial charge in [0.1, 0.15) is 36.6 Å². The number of aliphatic hydroxyl groups is 8. The molecule has 2 aliphatic rings. The summed E-state index contributed by atoms with van der Waals surface area (Å²) in [7, 11) is 0. The zero-order valence-electron chi connectivity index (χ0n) is 12.7. The standard InChI is InChI=1S/C13H24O11/c14-1-4-3-22-12(21)9(19)8(18)11(4)24-13-10(20)7(17)6(16)5(2-15)23-13/h4-21H,1-3H2/t4?,5?,6-,7?,8?,9?,10?,11-,12-,13+/m1/s1. The van der Waals surface area contributed by atoms with Gasteiger partial charge in [-0.05, 0) is 0 Å². The van der Waals surface area contributed by atoms with Gasteiger partial charge in [-0.3, -0.25) is 0 Å². The predicted molar refractivity (Wildman–Crippen MR) is 73.2 cm³/mol. The normalized spacial score (nSPS) is 50.5. The van der Waals surface area contributed by atoms with Gasteiger partial charge in [0.15, 0.2) is 12.6 Å². The van der Waals surface area contributed by atoms with Gasteiger partial charge >= 0.3 is 0 Å². The molecule has 0 aromatic carbocycles. The Morgan fingerprint density at radius 3 is 2.04 bits per heavy atom. The summed E-state index contributed by atoms with van der Waals surface area (Å²) in [4.78, 5) is 0. The van der Waals surface area contributed by atoms with Gasteiger partial charge in [0, 0.05) is 5.92 Å². The van der Waals surface area contributed by atoms with E-state index in [9.17, 15) is 35.7 Å². The molecule has 0 saturated carbocycles. The van der Waals surface area contributed by atoms with E-state index >= 15 is 0 Å². The Bertz CT molecular complexity index is 394. The van der Waals surface area contributed by atoms with Crippen molar-refractivity contribution in [3.8, 4) is 0 Å². The van der Waals surface area contributed by atoms with Gasteiger partial charge in [0.05, 0.1) is 25.9 Å². The van der Waals surface area contributed by atoms with Crippen molar-refractivity contribution in [2.45, 2.75) is 55.3 Å². The van der Waals surface area contributed by atoms with E-state index in [1.54, 1.807) is 0 Å². The zero-order valence-corrected chi connectivity index (χ0v) is 12.7. The molecule has 10 atom stereocenters. The van der Waals surface area contributed by atoms with E-state index < -0.39 is 74.4 Å². The van der Waals surface area contributed by atoms with Crippen LogP contribution in [-0.2, 0) is 14.2 Å². The first-order chi connectivity index (χ1) is 11.3. The molecule has 24 heavy (non-hydrogen) atoms. The van der Waals surface area contributed by atoms with Gasteiger partial charge in [-0.2, -0.15) is 0 Å². The summed E-state index contributed by atoms with van der Waals surface area (Å²) in [5, 5.41) is 77.4. The smallest absolute Gasteiger partial charge is 0.187 e. The molecule has 11 nitrogen and oxygen atoms in total. The number of aliphatic hydroxyl groups excluding tert-OH is 8. The van der Waals surface area contributed by atoms with Crippen molar-refractivity contribution in [1.29, 1.82) is 0 Å². The Morgan fingerprint density at radius 1 is 0.792 bits per heavy atom. The number of hydrogen-bond donors (Lipinski definition) is 8. The topological polar surface area (TPSA) is 190 Å². The third kappa shape index (κ3) is 3.86. The first kappa shape index (κ1) is 19.9. The fourth-order valence-corrected chi connectivity index (χ4v) is 2.74. The van der Waals surface area contributed by atoms with Crippen molar-refractivity contribution in [2.75, 3.05) is 19.8 Å². The molecule has 0 spiro atoms. The van der Waals surface area contributed by atoms with Crippen LogP contribution in [0.15, 0.2) is 0 Å². The Morgan fingerprint density at radius 2 is 1.46 bits per heavy atom. The fraction of sp³-hybridized carbons (Fsp3) is 1.00. The summed E-state index contributed by atoms with van der Waals surface area (Å²) in [6, 6.07) is 0. The molecular formula is C13H24O11. The van der Waals surface area contributed by atoms with Gasteiger partial charge in [-0.25, -0.2) is 0 Å². The lowest BCUT2D eigenvalue weighted by Gasteiger charge is -2.42. The highest BCUT2D eigenvalue weighted by Gasteiger charge is 2.48. The molecule has 0 amide bonds. The Kier molecular flexibility index (Phi) is 6.87. The minimum Gasteiger partial charge on any atom is -0.396 e. The first-order valence-corrected chi connectivity index (χ1v) is 7.54. The first-order valence-electron chi connectivity index (χ1n) is 7.54. The summed E-state index contributed by atoms with van der Waals surface area (Å²) < 4.78 is 15.5. The molecule has 2 heterocycles. The SMILES string of the molecule is OCC1O[C@@H](O[C@@H]2C(CO)CO[C@@H](O)C(O)C2O)C(O)C(O)[C@@H]1O. The number of ether oxygens (including phenoxy) is 3. The van der Waals surface area contributed by atoms with E-state index in [1.165, 1.54) is 0 Å². The molecule has 8 N–H and O–H groups in total. The predicted octanol–water partition coefficient (Wildman–Crippen LogP) is -5.15. The van der Waals surface area contributed by atoms with Crippen molar-refractivity contribution in [2.24, 2.45) is 5.92 Å².